The number of piperidine rings is 1. The zero-order valence-electron chi connectivity index (χ0n) is 15.0. The standard InChI is InChI=1S/C20H21ClN2O4/c1-27-18-4-2-3-14(13-18)19(24)23(16-7-5-15(21)6-8-16)17-9-11-22(12-10-17)20(25)26/h2-8,13,17H,9-12H2,1H3,(H,25,26). The number of ether oxygens (including phenoxy) is 1. The molecular weight excluding hydrogens is 368 g/mol. The number of likely N-dealkylation sites (tertiary alicyclic amines) is 1. The van der Waals surface area contributed by atoms with Crippen LogP contribution in [0.2, 0.25) is 5.02 Å². The Labute approximate surface area is 162 Å². The predicted octanol–water partition coefficient (Wildman–Crippen LogP) is 4.14. The number of halogens is 1. The fourth-order valence-corrected chi connectivity index (χ4v) is 3.43. The first kappa shape index (κ1) is 19.0. The van der Waals surface area contributed by atoms with E-state index in [4.69, 9.17) is 16.3 Å². The highest BCUT2D eigenvalue weighted by Gasteiger charge is 2.31. The maximum atomic E-state index is 13.3. The summed E-state index contributed by atoms with van der Waals surface area (Å²) in [7, 11) is 1.56. The van der Waals surface area contributed by atoms with Gasteiger partial charge in [-0.05, 0) is 55.3 Å². The highest BCUT2D eigenvalue weighted by Crippen LogP contribution is 2.28. The van der Waals surface area contributed by atoms with Crippen molar-refractivity contribution in [2.24, 2.45) is 0 Å². The first-order valence-electron chi connectivity index (χ1n) is 8.70. The zero-order chi connectivity index (χ0) is 19.4. The largest absolute Gasteiger partial charge is 0.497 e. The fraction of sp³-hybridized carbons (Fsp3) is 0.300. The quantitative estimate of drug-likeness (QED) is 0.854. The molecule has 1 N–H and O–H groups in total. The lowest BCUT2D eigenvalue weighted by atomic mass is 10.0. The van der Waals surface area contributed by atoms with Crippen LogP contribution < -0.4 is 9.64 Å². The van der Waals surface area contributed by atoms with Crippen molar-refractivity contribution in [1.29, 1.82) is 0 Å². The van der Waals surface area contributed by atoms with Crippen LogP contribution in [-0.4, -0.2) is 48.2 Å². The summed E-state index contributed by atoms with van der Waals surface area (Å²) in [6.07, 6.45) is 0.223. The van der Waals surface area contributed by atoms with Gasteiger partial charge in [-0.2, -0.15) is 0 Å². The molecule has 2 aromatic carbocycles. The van der Waals surface area contributed by atoms with E-state index in [1.807, 2.05) is 12.1 Å². The molecule has 27 heavy (non-hydrogen) atoms. The Hall–Kier alpha value is -2.73. The SMILES string of the molecule is COc1cccc(C(=O)N(c2ccc(Cl)cc2)C2CCN(C(=O)O)CC2)c1. The third-order valence-electron chi connectivity index (χ3n) is 4.74. The maximum Gasteiger partial charge on any atom is 0.407 e. The molecule has 1 aliphatic rings. The van der Waals surface area contributed by atoms with Gasteiger partial charge in [-0.3, -0.25) is 4.79 Å². The first-order chi connectivity index (χ1) is 13.0. The van der Waals surface area contributed by atoms with Crippen LogP contribution in [-0.2, 0) is 0 Å². The molecule has 0 bridgehead atoms. The van der Waals surface area contributed by atoms with Crippen LogP contribution in [0, 0.1) is 0 Å². The number of carbonyl (C=O) groups is 2. The first-order valence-corrected chi connectivity index (χ1v) is 9.08. The Morgan fingerprint density at radius 1 is 1.15 bits per heavy atom. The van der Waals surface area contributed by atoms with Crippen LogP contribution >= 0.6 is 11.6 Å². The van der Waals surface area contributed by atoms with Gasteiger partial charge < -0.3 is 19.6 Å². The molecule has 1 aliphatic heterocycles. The number of amides is 2. The summed E-state index contributed by atoms with van der Waals surface area (Å²) in [5.41, 5.74) is 1.26. The summed E-state index contributed by atoms with van der Waals surface area (Å²) in [6, 6.07) is 14.0. The lowest BCUT2D eigenvalue weighted by molar-refractivity contribution is 0.0957. The number of carbonyl (C=O) groups excluding carboxylic acids is 1. The van der Waals surface area contributed by atoms with Crippen molar-refractivity contribution in [2.75, 3.05) is 25.1 Å². The van der Waals surface area contributed by atoms with Crippen molar-refractivity contribution in [1.82, 2.24) is 4.90 Å². The Bertz CT molecular complexity index is 817. The summed E-state index contributed by atoms with van der Waals surface area (Å²) in [5, 5.41) is 9.76. The molecule has 1 saturated heterocycles. The van der Waals surface area contributed by atoms with Gasteiger partial charge >= 0.3 is 6.09 Å². The third-order valence-corrected chi connectivity index (χ3v) is 4.99. The molecule has 2 amide bonds. The van der Waals surface area contributed by atoms with Crippen LogP contribution in [0.25, 0.3) is 0 Å². The number of benzene rings is 2. The minimum absolute atomic E-state index is 0.0968. The summed E-state index contributed by atoms with van der Waals surface area (Å²) in [4.78, 5) is 27.6. The third kappa shape index (κ3) is 4.34. The van der Waals surface area contributed by atoms with Crippen LogP contribution in [0.15, 0.2) is 48.5 Å². The molecule has 1 heterocycles. The Kier molecular flexibility index (Phi) is 5.86. The molecule has 0 aromatic heterocycles. The van der Waals surface area contributed by atoms with Crippen LogP contribution in [0.4, 0.5) is 10.5 Å². The summed E-state index contributed by atoms with van der Waals surface area (Å²) < 4.78 is 5.23. The van der Waals surface area contributed by atoms with Crippen LogP contribution in [0.3, 0.4) is 0 Å². The summed E-state index contributed by atoms with van der Waals surface area (Å²) in [6.45, 7) is 0.797. The highest BCUT2D eigenvalue weighted by molar-refractivity contribution is 6.30. The van der Waals surface area contributed by atoms with E-state index in [-0.39, 0.29) is 11.9 Å². The van der Waals surface area contributed by atoms with Crippen molar-refractivity contribution in [2.45, 2.75) is 18.9 Å². The Balaban J connectivity index is 1.91. The van der Waals surface area contributed by atoms with Crippen molar-refractivity contribution in [3.8, 4) is 5.75 Å². The van der Waals surface area contributed by atoms with E-state index < -0.39 is 6.09 Å². The molecule has 6 nitrogen and oxygen atoms in total. The fourth-order valence-electron chi connectivity index (χ4n) is 3.31. The number of methoxy groups -OCH3 is 1. The molecule has 0 aliphatic carbocycles. The lowest BCUT2D eigenvalue weighted by Crippen LogP contribution is -2.48. The van der Waals surface area contributed by atoms with Crippen molar-refractivity contribution >= 4 is 29.3 Å². The summed E-state index contributed by atoms with van der Waals surface area (Å²) >= 11 is 6.00. The molecular formula is C20H21ClN2O4. The van der Waals surface area contributed by atoms with Gasteiger partial charge in [-0.15, -0.1) is 0 Å². The minimum atomic E-state index is -0.925. The molecule has 142 valence electrons. The number of rotatable bonds is 4. The van der Waals surface area contributed by atoms with E-state index in [0.717, 1.165) is 5.69 Å². The molecule has 0 radical (unpaired) electrons. The monoisotopic (exact) mass is 388 g/mol. The average molecular weight is 389 g/mol. The smallest absolute Gasteiger partial charge is 0.407 e. The van der Waals surface area contributed by atoms with E-state index in [2.05, 4.69) is 0 Å². The van der Waals surface area contributed by atoms with Gasteiger partial charge in [-0.25, -0.2) is 4.79 Å². The highest BCUT2D eigenvalue weighted by atomic mass is 35.5. The van der Waals surface area contributed by atoms with Crippen LogP contribution in [0.5, 0.6) is 5.75 Å². The second-order valence-electron chi connectivity index (χ2n) is 6.38. The van der Waals surface area contributed by atoms with Gasteiger partial charge in [-0.1, -0.05) is 17.7 Å². The molecule has 1 fully saturated rings. The second kappa shape index (κ2) is 8.31. The normalized spacial score (nSPS) is 14.7. The zero-order valence-corrected chi connectivity index (χ0v) is 15.7. The van der Waals surface area contributed by atoms with Gasteiger partial charge in [0.25, 0.3) is 5.91 Å². The average Bonchev–Trinajstić information content (AvgIpc) is 2.70. The summed E-state index contributed by atoms with van der Waals surface area (Å²) in [5.74, 6) is 0.461. The van der Waals surface area contributed by atoms with Crippen molar-refractivity contribution in [3.05, 3.63) is 59.1 Å². The van der Waals surface area contributed by atoms with Gasteiger partial charge in [0.1, 0.15) is 5.75 Å². The van der Waals surface area contributed by atoms with E-state index in [9.17, 15) is 14.7 Å². The van der Waals surface area contributed by atoms with Gasteiger partial charge in [0.2, 0.25) is 0 Å². The number of carboxylic acid groups (broad SMARTS) is 1. The lowest BCUT2D eigenvalue weighted by Gasteiger charge is -2.37. The topological polar surface area (TPSA) is 70.1 Å². The molecule has 7 heteroatoms. The number of hydrogen-bond acceptors (Lipinski definition) is 3. The minimum Gasteiger partial charge on any atom is -0.497 e. The van der Waals surface area contributed by atoms with Crippen LogP contribution in [0.1, 0.15) is 23.2 Å². The molecule has 0 atom stereocenters. The van der Waals surface area contributed by atoms with Gasteiger partial charge in [0.15, 0.2) is 0 Å². The molecule has 2 aromatic rings. The van der Waals surface area contributed by atoms with Crippen molar-refractivity contribution in [3.63, 3.8) is 0 Å². The Morgan fingerprint density at radius 2 is 1.81 bits per heavy atom. The van der Waals surface area contributed by atoms with E-state index >= 15 is 0 Å². The molecule has 0 spiro atoms. The van der Waals surface area contributed by atoms with E-state index in [0.29, 0.717) is 42.3 Å². The number of hydrogen-bond donors (Lipinski definition) is 1. The Morgan fingerprint density at radius 3 is 2.41 bits per heavy atom. The molecule has 3 rings (SSSR count). The second-order valence-corrected chi connectivity index (χ2v) is 6.82. The maximum absolute atomic E-state index is 13.3. The van der Waals surface area contributed by atoms with Gasteiger partial charge in [0.05, 0.1) is 7.11 Å². The molecule has 0 unspecified atom stereocenters. The van der Waals surface area contributed by atoms with Crippen molar-refractivity contribution < 1.29 is 19.4 Å². The predicted molar refractivity (Wildman–Crippen MR) is 104 cm³/mol. The number of anilines is 1. The van der Waals surface area contributed by atoms with E-state index in [1.54, 1.807) is 48.4 Å². The van der Waals surface area contributed by atoms with Gasteiger partial charge in [0, 0.05) is 35.4 Å². The molecule has 0 saturated carbocycles. The van der Waals surface area contributed by atoms with E-state index in [1.165, 1.54) is 4.90 Å². The number of nitrogens with zero attached hydrogens (tertiary/aromatic N) is 2.